The van der Waals surface area contributed by atoms with E-state index in [-0.39, 0.29) is 17.2 Å². The van der Waals surface area contributed by atoms with Crippen molar-refractivity contribution in [1.82, 2.24) is 10.2 Å². The standard InChI is InChI=1S/C13H14N2OS/c16-13-11-6-7-17-12(11)14-9-15(13)8-10-4-2-1-3-5-10/h1-7,11-12,14H,8-9H2. The van der Waals surface area contributed by atoms with Gasteiger partial charge in [0.15, 0.2) is 0 Å². The molecule has 2 atom stereocenters. The minimum atomic E-state index is 0.0115. The molecule has 17 heavy (non-hydrogen) atoms. The van der Waals surface area contributed by atoms with Crippen LogP contribution in [0, 0.1) is 5.92 Å². The lowest BCUT2D eigenvalue weighted by molar-refractivity contribution is -0.137. The molecule has 2 aliphatic rings. The first-order chi connectivity index (χ1) is 8.34. The lowest BCUT2D eigenvalue weighted by Crippen LogP contribution is -2.53. The van der Waals surface area contributed by atoms with Crippen molar-refractivity contribution in [2.75, 3.05) is 6.67 Å². The number of nitrogens with zero attached hydrogens (tertiary/aromatic N) is 1. The number of thioether (sulfide) groups is 1. The Morgan fingerprint density at radius 1 is 1.35 bits per heavy atom. The lowest BCUT2D eigenvalue weighted by Gasteiger charge is -2.34. The van der Waals surface area contributed by atoms with Crippen LogP contribution in [0.4, 0.5) is 0 Å². The summed E-state index contributed by atoms with van der Waals surface area (Å²) in [5.74, 6) is 0.247. The number of fused-ring (bicyclic) bond motifs is 1. The van der Waals surface area contributed by atoms with Crippen molar-refractivity contribution in [3.8, 4) is 0 Å². The van der Waals surface area contributed by atoms with Crippen molar-refractivity contribution in [1.29, 1.82) is 0 Å². The molecule has 1 aromatic rings. The number of nitrogens with one attached hydrogen (secondary N) is 1. The highest BCUT2D eigenvalue weighted by atomic mass is 32.2. The molecule has 2 unspecified atom stereocenters. The first-order valence-electron chi connectivity index (χ1n) is 5.73. The maximum atomic E-state index is 12.2. The molecule has 2 aliphatic heterocycles. The molecule has 4 heteroatoms. The van der Waals surface area contributed by atoms with E-state index in [0.29, 0.717) is 13.2 Å². The van der Waals surface area contributed by atoms with E-state index in [4.69, 9.17) is 0 Å². The Morgan fingerprint density at radius 3 is 3.00 bits per heavy atom. The van der Waals surface area contributed by atoms with E-state index >= 15 is 0 Å². The Hall–Kier alpha value is -1.26. The average Bonchev–Trinajstić information content (AvgIpc) is 2.83. The highest BCUT2D eigenvalue weighted by Gasteiger charge is 2.36. The minimum Gasteiger partial charge on any atom is -0.325 e. The molecule has 88 valence electrons. The van der Waals surface area contributed by atoms with Gasteiger partial charge >= 0.3 is 0 Å². The minimum absolute atomic E-state index is 0.0115. The van der Waals surface area contributed by atoms with E-state index < -0.39 is 0 Å². The summed E-state index contributed by atoms with van der Waals surface area (Å²) < 4.78 is 0. The summed E-state index contributed by atoms with van der Waals surface area (Å²) in [6.45, 7) is 1.33. The second kappa shape index (κ2) is 4.55. The molecule has 0 aromatic heterocycles. The van der Waals surface area contributed by atoms with Crippen LogP contribution in [0.5, 0.6) is 0 Å². The van der Waals surface area contributed by atoms with Gasteiger partial charge in [-0.3, -0.25) is 10.1 Å². The third-order valence-corrected chi connectivity index (χ3v) is 4.20. The molecule has 0 spiro atoms. The van der Waals surface area contributed by atoms with Gasteiger partial charge < -0.3 is 4.90 Å². The largest absolute Gasteiger partial charge is 0.325 e. The highest BCUT2D eigenvalue weighted by Crippen LogP contribution is 2.31. The van der Waals surface area contributed by atoms with E-state index in [0.717, 1.165) is 0 Å². The SMILES string of the molecule is O=C1C2C=CSC2NCN1Cc1ccccc1. The van der Waals surface area contributed by atoms with Crippen molar-refractivity contribution in [2.45, 2.75) is 11.9 Å². The van der Waals surface area contributed by atoms with E-state index in [2.05, 4.69) is 17.4 Å². The van der Waals surface area contributed by atoms with Gasteiger partial charge in [-0.25, -0.2) is 0 Å². The van der Waals surface area contributed by atoms with Crippen LogP contribution in [0.1, 0.15) is 5.56 Å². The zero-order chi connectivity index (χ0) is 11.7. The van der Waals surface area contributed by atoms with Gasteiger partial charge in [-0.2, -0.15) is 0 Å². The van der Waals surface area contributed by atoms with Gasteiger partial charge in [0.2, 0.25) is 5.91 Å². The number of rotatable bonds is 2. The molecule has 2 heterocycles. The van der Waals surface area contributed by atoms with Crippen LogP contribution in [-0.4, -0.2) is 22.8 Å². The van der Waals surface area contributed by atoms with Gasteiger partial charge in [-0.15, -0.1) is 11.8 Å². The second-order valence-corrected chi connectivity index (χ2v) is 5.35. The molecule has 3 rings (SSSR count). The fourth-order valence-electron chi connectivity index (χ4n) is 2.21. The zero-order valence-corrected chi connectivity index (χ0v) is 10.2. The number of amides is 1. The van der Waals surface area contributed by atoms with Crippen molar-refractivity contribution in [2.24, 2.45) is 5.92 Å². The van der Waals surface area contributed by atoms with Crippen LogP contribution in [-0.2, 0) is 11.3 Å². The quantitative estimate of drug-likeness (QED) is 0.863. The second-order valence-electron chi connectivity index (χ2n) is 4.30. The Balaban J connectivity index is 1.72. The van der Waals surface area contributed by atoms with Crippen molar-refractivity contribution < 1.29 is 4.79 Å². The first kappa shape index (κ1) is 10.9. The van der Waals surface area contributed by atoms with Crippen LogP contribution in [0.25, 0.3) is 0 Å². The summed E-state index contributed by atoms with van der Waals surface area (Å²) in [5, 5.41) is 5.65. The molecule has 0 bridgehead atoms. The predicted octanol–water partition coefficient (Wildman–Crippen LogP) is 1.78. The van der Waals surface area contributed by atoms with E-state index in [1.54, 1.807) is 11.8 Å². The van der Waals surface area contributed by atoms with Gasteiger partial charge in [0.25, 0.3) is 0 Å². The van der Waals surface area contributed by atoms with Crippen LogP contribution < -0.4 is 5.32 Å². The van der Waals surface area contributed by atoms with Crippen molar-refractivity contribution >= 4 is 17.7 Å². The van der Waals surface area contributed by atoms with Gasteiger partial charge in [0, 0.05) is 6.54 Å². The summed E-state index contributed by atoms with van der Waals surface area (Å²) in [4.78, 5) is 14.1. The van der Waals surface area contributed by atoms with Crippen LogP contribution in [0.15, 0.2) is 41.8 Å². The summed E-state index contributed by atoms with van der Waals surface area (Å²) in [6, 6.07) is 10.1. The van der Waals surface area contributed by atoms with Gasteiger partial charge in [0.05, 0.1) is 18.0 Å². The predicted molar refractivity (Wildman–Crippen MR) is 69.0 cm³/mol. The smallest absolute Gasteiger partial charge is 0.233 e. The maximum Gasteiger partial charge on any atom is 0.233 e. The van der Waals surface area contributed by atoms with E-state index in [9.17, 15) is 4.79 Å². The molecule has 0 aliphatic carbocycles. The highest BCUT2D eigenvalue weighted by molar-refractivity contribution is 8.03. The van der Waals surface area contributed by atoms with Crippen LogP contribution >= 0.6 is 11.8 Å². The summed E-state index contributed by atoms with van der Waals surface area (Å²) >= 11 is 1.70. The van der Waals surface area contributed by atoms with E-state index in [1.165, 1.54) is 5.56 Å². The monoisotopic (exact) mass is 246 g/mol. The topological polar surface area (TPSA) is 32.3 Å². The maximum absolute atomic E-state index is 12.2. The molecule has 0 saturated carbocycles. The lowest BCUT2D eigenvalue weighted by atomic mass is 10.1. The molecule has 1 aromatic carbocycles. The molecule has 3 nitrogen and oxygen atoms in total. The summed E-state index contributed by atoms with van der Waals surface area (Å²) in [5.41, 5.74) is 1.18. The number of hydrogen-bond donors (Lipinski definition) is 1. The Kier molecular flexibility index (Phi) is 2.91. The van der Waals surface area contributed by atoms with Crippen molar-refractivity contribution in [3.63, 3.8) is 0 Å². The fourth-order valence-corrected chi connectivity index (χ4v) is 3.19. The Bertz CT molecular complexity index is 446. The molecule has 0 radical (unpaired) electrons. The third kappa shape index (κ3) is 2.10. The number of hydrogen-bond acceptors (Lipinski definition) is 3. The molecule has 1 amide bonds. The third-order valence-electron chi connectivity index (χ3n) is 3.13. The Morgan fingerprint density at radius 2 is 2.18 bits per heavy atom. The summed E-state index contributed by atoms with van der Waals surface area (Å²) in [7, 11) is 0. The molecular formula is C13H14N2OS. The van der Waals surface area contributed by atoms with Gasteiger partial charge in [-0.1, -0.05) is 36.4 Å². The number of carbonyl (C=O) groups is 1. The average molecular weight is 246 g/mol. The number of carbonyl (C=O) groups excluding carboxylic acids is 1. The van der Waals surface area contributed by atoms with Crippen LogP contribution in [0.2, 0.25) is 0 Å². The molecular weight excluding hydrogens is 232 g/mol. The van der Waals surface area contributed by atoms with Crippen molar-refractivity contribution in [3.05, 3.63) is 47.4 Å². The van der Waals surface area contributed by atoms with Crippen LogP contribution in [0.3, 0.4) is 0 Å². The fraction of sp³-hybridized carbons (Fsp3) is 0.308. The number of benzene rings is 1. The van der Waals surface area contributed by atoms with Gasteiger partial charge in [0.1, 0.15) is 0 Å². The van der Waals surface area contributed by atoms with Gasteiger partial charge in [-0.05, 0) is 11.0 Å². The molecule has 1 saturated heterocycles. The normalized spacial score (nSPS) is 27.3. The first-order valence-corrected chi connectivity index (χ1v) is 6.67. The van der Waals surface area contributed by atoms with E-state index in [1.807, 2.05) is 34.6 Å². The molecule has 1 fully saturated rings. The Labute approximate surface area is 105 Å². The molecule has 1 N–H and O–H groups in total. The zero-order valence-electron chi connectivity index (χ0n) is 9.37. The summed E-state index contributed by atoms with van der Waals surface area (Å²) in [6.07, 6.45) is 2.00.